The van der Waals surface area contributed by atoms with Crippen LogP contribution in [0.1, 0.15) is 46.6 Å². The van der Waals surface area contributed by atoms with E-state index in [1.54, 1.807) is 57.0 Å². The molecule has 1 aliphatic rings. The van der Waals surface area contributed by atoms with Crippen LogP contribution in [0.5, 0.6) is 5.75 Å². The van der Waals surface area contributed by atoms with Gasteiger partial charge in [-0.05, 0) is 51.8 Å². The van der Waals surface area contributed by atoms with Crippen LogP contribution in [0, 0.1) is 0 Å². The largest absolute Gasteiger partial charge is 0.497 e. The molecule has 1 unspecified atom stereocenters. The Morgan fingerprint density at radius 3 is 2.10 bits per heavy atom. The first kappa shape index (κ1) is 23.2. The highest BCUT2D eigenvalue weighted by molar-refractivity contribution is 7.56. The van der Waals surface area contributed by atoms with E-state index in [1.807, 2.05) is 13.8 Å². The summed E-state index contributed by atoms with van der Waals surface area (Å²) >= 11 is 0. The van der Waals surface area contributed by atoms with Crippen molar-refractivity contribution in [2.75, 3.05) is 20.3 Å². The van der Waals surface area contributed by atoms with Gasteiger partial charge in [-0.1, -0.05) is 19.1 Å². The smallest absolute Gasteiger partial charge is 0.355 e. The Morgan fingerprint density at radius 2 is 1.69 bits per heavy atom. The molecule has 1 atom stereocenters. The quantitative estimate of drug-likeness (QED) is 0.507. The number of rotatable bonds is 7. The van der Waals surface area contributed by atoms with E-state index in [9.17, 15) is 19.1 Å². The van der Waals surface area contributed by atoms with E-state index in [0.29, 0.717) is 29.3 Å². The minimum atomic E-state index is -4.73. The minimum absolute atomic E-state index is 0.0619. The molecule has 0 bridgehead atoms. The van der Waals surface area contributed by atoms with Crippen LogP contribution in [0.2, 0.25) is 0 Å². The topological polar surface area (TPSA) is 96.3 Å². The molecule has 0 saturated carbocycles. The van der Waals surface area contributed by atoms with Gasteiger partial charge in [-0.2, -0.15) is 0 Å². The van der Waals surface area contributed by atoms with E-state index in [-0.39, 0.29) is 23.9 Å². The van der Waals surface area contributed by atoms with Gasteiger partial charge < -0.3 is 24.2 Å². The molecule has 0 spiro atoms. The average molecular weight is 423 g/mol. The van der Waals surface area contributed by atoms with E-state index >= 15 is 0 Å². The highest BCUT2D eigenvalue weighted by atomic mass is 31.2. The fraction of sp³-hybridized carbons (Fsp3) is 0.476. The predicted molar refractivity (Wildman–Crippen MR) is 111 cm³/mol. The maximum absolute atomic E-state index is 13.1. The molecule has 0 saturated heterocycles. The van der Waals surface area contributed by atoms with Crippen molar-refractivity contribution >= 4 is 13.6 Å². The molecule has 0 aromatic heterocycles. The van der Waals surface area contributed by atoms with E-state index in [1.165, 1.54) is 0 Å². The molecule has 160 valence electrons. The average Bonchev–Trinajstić information content (AvgIpc) is 2.66. The van der Waals surface area contributed by atoms with Gasteiger partial charge in [0.05, 0.1) is 30.0 Å². The SMILES string of the molecule is CCOC(=O)C1=C(C)N(CC)C(C)=C(P(=O)(O)O)C1(CC)c1ccc(OC)cc1. The van der Waals surface area contributed by atoms with Gasteiger partial charge in [0.2, 0.25) is 0 Å². The second-order valence-electron chi connectivity index (χ2n) is 6.89. The summed E-state index contributed by atoms with van der Waals surface area (Å²) in [5.74, 6) is 0.0439. The molecule has 7 nitrogen and oxygen atoms in total. The molecule has 0 amide bonds. The lowest BCUT2D eigenvalue weighted by Gasteiger charge is -2.46. The second-order valence-corrected chi connectivity index (χ2v) is 8.43. The monoisotopic (exact) mass is 423 g/mol. The van der Waals surface area contributed by atoms with Crippen LogP contribution in [0.4, 0.5) is 0 Å². The summed E-state index contributed by atoms with van der Waals surface area (Å²) in [4.78, 5) is 35.7. The molecular weight excluding hydrogens is 393 g/mol. The number of carbonyl (C=O) groups is 1. The molecule has 1 heterocycles. The van der Waals surface area contributed by atoms with Gasteiger partial charge in [-0.15, -0.1) is 0 Å². The first-order valence-corrected chi connectivity index (χ1v) is 11.3. The number of hydrogen-bond acceptors (Lipinski definition) is 5. The summed E-state index contributed by atoms with van der Waals surface area (Å²) in [6.45, 7) is 9.52. The van der Waals surface area contributed by atoms with Crippen LogP contribution >= 0.6 is 7.60 Å². The molecule has 2 rings (SSSR count). The van der Waals surface area contributed by atoms with Gasteiger partial charge in [0.1, 0.15) is 5.75 Å². The van der Waals surface area contributed by atoms with Gasteiger partial charge in [-0.25, -0.2) is 4.79 Å². The summed E-state index contributed by atoms with van der Waals surface area (Å²) in [5.41, 5.74) is 0.661. The third kappa shape index (κ3) is 3.87. The molecule has 1 aromatic rings. The van der Waals surface area contributed by atoms with Crippen molar-refractivity contribution in [2.45, 2.75) is 46.5 Å². The fourth-order valence-corrected chi connectivity index (χ4v) is 5.85. The molecule has 0 radical (unpaired) electrons. The van der Waals surface area contributed by atoms with Crippen LogP contribution in [-0.4, -0.2) is 40.9 Å². The first-order valence-electron chi connectivity index (χ1n) is 9.68. The summed E-state index contributed by atoms with van der Waals surface area (Å²) in [7, 11) is -3.18. The van der Waals surface area contributed by atoms with E-state index < -0.39 is 19.0 Å². The number of benzene rings is 1. The van der Waals surface area contributed by atoms with Crippen LogP contribution in [0.15, 0.2) is 46.5 Å². The Hall–Kier alpha value is -2.08. The Morgan fingerprint density at radius 1 is 1.10 bits per heavy atom. The van der Waals surface area contributed by atoms with Crippen LogP contribution in [0.3, 0.4) is 0 Å². The molecule has 8 heteroatoms. The van der Waals surface area contributed by atoms with E-state index in [4.69, 9.17) is 9.47 Å². The number of carbonyl (C=O) groups excluding carboxylic acids is 1. The standard InChI is InChI=1S/C21H30NO6P/c1-7-21(16-10-12-17(27-6)13-11-16)18(20(23)28-9-3)14(4)22(8-2)15(5)19(21)29(24,25)26/h10-13H,7-9H2,1-6H3,(H2,24,25,26). The van der Waals surface area contributed by atoms with Gasteiger partial charge in [-0.3, -0.25) is 4.57 Å². The lowest BCUT2D eigenvalue weighted by molar-refractivity contribution is -0.139. The molecule has 0 aliphatic carbocycles. The maximum atomic E-state index is 13.1. The summed E-state index contributed by atoms with van der Waals surface area (Å²) in [6.07, 6.45) is 0.278. The Bertz CT molecular complexity index is 883. The summed E-state index contributed by atoms with van der Waals surface area (Å²) in [6, 6.07) is 6.95. The Labute approximate surface area is 172 Å². The van der Waals surface area contributed by atoms with Gasteiger partial charge in [0, 0.05) is 17.9 Å². The van der Waals surface area contributed by atoms with Crippen LogP contribution < -0.4 is 4.74 Å². The highest BCUT2D eigenvalue weighted by Crippen LogP contribution is 2.63. The Balaban J connectivity index is 2.98. The maximum Gasteiger partial charge on any atom is 0.355 e. The number of esters is 1. The van der Waals surface area contributed by atoms with Crippen LogP contribution in [-0.2, 0) is 19.5 Å². The van der Waals surface area contributed by atoms with Crippen molar-refractivity contribution in [3.8, 4) is 5.75 Å². The number of allylic oxidation sites excluding steroid dienone is 3. The lowest BCUT2D eigenvalue weighted by Crippen LogP contribution is -2.43. The highest BCUT2D eigenvalue weighted by Gasteiger charge is 2.53. The van der Waals surface area contributed by atoms with Gasteiger partial charge >= 0.3 is 13.6 Å². The molecule has 2 N–H and O–H groups in total. The lowest BCUT2D eigenvalue weighted by atomic mass is 9.68. The molecule has 0 fully saturated rings. The summed E-state index contributed by atoms with van der Waals surface area (Å²) in [5, 5.41) is -0.0619. The van der Waals surface area contributed by atoms with E-state index in [0.717, 1.165) is 0 Å². The van der Waals surface area contributed by atoms with Gasteiger partial charge in [0.15, 0.2) is 0 Å². The zero-order chi connectivity index (χ0) is 22.0. The third-order valence-corrected chi connectivity index (χ3v) is 6.83. The molecule has 1 aliphatic heterocycles. The fourth-order valence-electron chi connectivity index (χ4n) is 4.41. The van der Waals surface area contributed by atoms with Crippen molar-refractivity contribution in [2.24, 2.45) is 0 Å². The Kier molecular flexibility index (Phi) is 6.99. The minimum Gasteiger partial charge on any atom is -0.497 e. The van der Waals surface area contributed by atoms with E-state index in [2.05, 4.69) is 0 Å². The van der Waals surface area contributed by atoms with Crippen LogP contribution in [0.25, 0.3) is 0 Å². The number of methoxy groups -OCH3 is 1. The number of hydrogen-bond donors (Lipinski definition) is 2. The van der Waals surface area contributed by atoms with Crippen molar-refractivity contribution in [1.29, 1.82) is 0 Å². The van der Waals surface area contributed by atoms with Crippen molar-refractivity contribution in [1.82, 2.24) is 4.90 Å². The zero-order valence-corrected chi connectivity index (χ0v) is 18.7. The normalized spacial score (nSPS) is 20.2. The van der Waals surface area contributed by atoms with Crippen molar-refractivity contribution < 1.29 is 28.6 Å². The number of ether oxygens (including phenoxy) is 2. The molecule has 29 heavy (non-hydrogen) atoms. The predicted octanol–water partition coefficient (Wildman–Crippen LogP) is 3.92. The van der Waals surface area contributed by atoms with Crippen molar-refractivity contribution in [3.63, 3.8) is 0 Å². The van der Waals surface area contributed by atoms with Gasteiger partial charge in [0.25, 0.3) is 0 Å². The van der Waals surface area contributed by atoms with Crippen molar-refractivity contribution in [3.05, 3.63) is 52.1 Å². The second kappa shape index (κ2) is 8.74. The molecule has 1 aromatic carbocycles. The first-order chi connectivity index (χ1) is 13.6. The number of nitrogens with zero attached hydrogens (tertiary/aromatic N) is 1. The summed E-state index contributed by atoms with van der Waals surface area (Å²) < 4.78 is 23.3. The molecular formula is C21H30NO6P. The third-order valence-electron chi connectivity index (χ3n) is 5.55. The zero-order valence-electron chi connectivity index (χ0n) is 17.9.